The topological polar surface area (TPSA) is 57.5 Å². The first-order valence-corrected chi connectivity index (χ1v) is 4.47. The number of aliphatic hydroxyl groups is 1. The average molecular weight is 231 g/mol. The highest BCUT2D eigenvalue weighted by molar-refractivity contribution is 5.85. The lowest BCUT2D eigenvalue weighted by atomic mass is 10.0. The molecule has 3 nitrogen and oxygen atoms in total. The second kappa shape index (κ2) is 5.73. The Bertz CT molecular complexity index is 329. The maximum atomic E-state index is 10.4. The predicted molar refractivity (Wildman–Crippen MR) is 60.5 cm³/mol. The Morgan fingerprint density at radius 1 is 1.27 bits per heavy atom. The monoisotopic (exact) mass is 230 g/mol. The molecule has 1 unspecified atom stereocenters. The molecule has 0 saturated carbocycles. The van der Waals surface area contributed by atoms with E-state index in [1.54, 1.807) is 0 Å². The lowest BCUT2D eigenvalue weighted by molar-refractivity contribution is -0.146. The molecule has 0 amide bonds. The van der Waals surface area contributed by atoms with Crippen LogP contribution in [0.5, 0.6) is 0 Å². The molecule has 15 heavy (non-hydrogen) atoms. The summed E-state index contributed by atoms with van der Waals surface area (Å²) in [5, 5.41) is 17.7. The second-order valence-corrected chi connectivity index (χ2v) is 3.55. The molecule has 0 aromatic heterocycles. The van der Waals surface area contributed by atoms with Crippen molar-refractivity contribution >= 4 is 18.4 Å². The highest BCUT2D eigenvalue weighted by atomic mass is 35.5. The quantitative estimate of drug-likeness (QED) is 0.831. The zero-order valence-corrected chi connectivity index (χ0v) is 9.54. The zero-order valence-electron chi connectivity index (χ0n) is 8.73. The second-order valence-electron chi connectivity index (χ2n) is 3.55. The van der Waals surface area contributed by atoms with Crippen molar-refractivity contribution in [2.45, 2.75) is 26.4 Å². The normalized spacial score (nSPS) is 11.7. The van der Waals surface area contributed by atoms with Crippen LogP contribution in [0.25, 0.3) is 0 Å². The van der Waals surface area contributed by atoms with E-state index in [0.717, 1.165) is 16.7 Å². The number of rotatable bonds is 3. The molecule has 0 radical (unpaired) electrons. The number of aliphatic carboxylic acids is 1. The molecule has 4 heteroatoms. The summed E-state index contributed by atoms with van der Waals surface area (Å²) in [5.74, 6) is -1.18. The molecule has 0 bridgehead atoms. The first kappa shape index (κ1) is 13.9. The summed E-state index contributed by atoms with van der Waals surface area (Å²) in [4.78, 5) is 10.4. The van der Waals surface area contributed by atoms with Gasteiger partial charge in [0.05, 0.1) is 0 Å². The van der Waals surface area contributed by atoms with Gasteiger partial charge >= 0.3 is 5.97 Å². The fourth-order valence-electron chi connectivity index (χ4n) is 1.50. The van der Waals surface area contributed by atoms with E-state index in [1.807, 2.05) is 32.0 Å². The van der Waals surface area contributed by atoms with E-state index in [4.69, 9.17) is 10.2 Å². The lowest BCUT2D eigenvalue weighted by Crippen LogP contribution is -2.22. The van der Waals surface area contributed by atoms with Crippen LogP contribution >= 0.6 is 12.4 Å². The number of aryl methyl sites for hydroxylation is 2. The number of carboxylic acids is 1. The van der Waals surface area contributed by atoms with E-state index in [2.05, 4.69) is 0 Å². The predicted octanol–water partition coefficient (Wildman–Crippen LogP) is 1.71. The van der Waals surface area contributed by atoms with Gasteiger partial charge in [-0.1, -0.05) is 29.3 Å². The summed E-state index contributed by atoms with van der Waals surface area (Å²) in [7, 11) is 0. The molecule has 1 atom stereocenters. The van der Waals surface area contributed by atoms with Crippen LogP contribution in [0.4, 0.5) is 0 Å². The molecular formula is C11H15ClO3. The Kier molecular flexibility index (Phi) is 5.33. The first-order chi connectivity index (χ1) is 6.49. The Balaban J connectivity index is 0.00000196. The standard InChI is InChI=1S/C11H14O3.ClH/c1-7-3-8(2)5-9(4-7)6-10(12)11(13)14;/h3-5,10,12H,6H2,1-2H3,(H,13,14);1H. The Hall–Kier alpha value is -1.06. The molecular weight excluding hydrogens is 216 g/mol. The van der Waals surface area contributed by atoms with Crippen molar-refractivity contribution in [3.8, 4) is 0 Å². The van der Waals surface area contributed by atoms with Gasteiger partial charge in [-0.15, -0.1) is 12.4 Å². The van der Waals surface area contributed by atoms with Crippen LogP contribution < -0.4 is 0 Å². The summed E-state index contributed by atoms with van der Waals surface area (Å²) in [6.45, 7) is 3.90. The van der Waals surface area contributed by atoms with Gasteiger partial charge < -0.3 is 10.2 Å². The molecule has 1 aromatic rings. The molecule has 0 aliphatic carbocycles. The van der Waals surface area contributed by atoms with E-state index in [-0.39, 0.29) is 18.8 Å². The highest BCUT2D eigenvalue weighted by Crippen LogP contribution is 2.10. The fourth-order valence-corrected chi connectivity index (χ4v) is 1.50. The van der Waals surface area contributed by atoms with E-state index in [1.165, 1.54) is 0 Å². The molecule has 0 fully saturated rings. The number of hydrogen-bond donors (Lipinski definition) is 2. The van der Waals surface area contributed by atoms with Crippen molar-refractivity contribution in [2.24, 2.45) is 0 Å². The minimum atomic E-state index is -1.31. The Morgan fingerprint density at radius 3 is 2.13 bits per heavy atom. The van der Waals surface area contributed by atoms with Crippen molar-refractivity contribution in [3.05, 3.63) is 34.9 Å². The maximum Gasteiger partial charge on any atom is 0.332 e. The largest absolute Gasteiger partial charge is 0.479 e. The van der Waals surface area contributed by atoms with Gasteiger partial charge in [0.15, 0.2) is 6.10 Å². The summed E-state index contributed by atoms with van der Waals surface area (Å²) in [6, 6.07) is 5.79. The number of benzene rings is 1. The third-order valence-corrected chi connectivity index (χ3v) is 2.00. The van der Waals surface area contributed by atoms with Crippen LogP contribution in [0, 0.1) is 13.8 Å². The maximum absolute atomic E-state index is 10.4. The van der Waals surface area contributed by atoms with E-state index in [0.29, 0.717) is 0 Å². The first-order valence-electron chi connectivity index (χ1n) is 4.47. The van der Waals surface area contributed by atoms with Gasteiger partial charge in [-0.3, -0.25) is 0 Å². The lowest BCUT2D eigenvalue weighted by Gasteiger charge is -2.07. The van der Waals surface area contributed by atoms with Gasteiger partial charge in [0, 0.05) is 6.42 Å². The number of carboxylic acid groups (broad SMARTS) is 1. The van der Waals surface area contributed by atoms with E-state index >= 15 is 0 Å². The number of carbonyl (C=O) groups is 1. The molecule has 2 N–H and O–H groups in total. The minimum Gasteiger partial charge on any atom is -0.479 e. The third-order valence-electron chi connectivity index (χ3n) is 2.00. The van der Waals surface area contributed by atoms with Gasteiger partial charge in [-0.25, -0.2) is 4.79 Å². The smallest absolute Gasteiger partial charge is 0.332 e. The summed E-state index contributed by atoms with van der Waals surface area (Å²) >= 11 is 0. The van der Waals surface area contributed by atoms with Crippen molar-refractivity contribution in [1.82, 2.24) is 0 Å². The molecule has 84 valence electrons. The molecule has 1 aromatic carbocycles. The molecule has 1 rings (SSSR count). The van der Waals surface area contributed by atoms with Crippen molar-refractivity contribution in [1.29, 1.82) is 0 Å². The van der Waals surface area contributed by atoms with Crippen LogP contribution in [0.1, 0.15) is 16.7 Å². The summed E-state index contributed by atoms with van der Waals surface area (Å²) in [6.07, 6.45) is -1.14. The van der Waals surface area contributed by atoms with E-state index < -0.39 is 12.1 Å². The Labute approximate surface area is 95.2 Å². The molecule has 0 aliphatic heterocycles. The van der Waals surface area contributed by atoms with Gasteiger partial charge in [-0.2, -0.15) is 0 Å². The van der Waals surface area contributed by atoms with Crippen LogP contribution in [0.3, 0.4) is 0 Å². The molecule has 0 heterocycles. The highest BCUT2D eigenvalue weighted by Gasteiger charge is 2.13. The zero-order chi connectivity index (χ0) is 10.7. The number of aliphatic hydroxyl groups excluding tert-OH is 1. The number of hydrogen-bond acceptors (Lipinski definition) is 2. The van der Waals surface area contributed by atoms with Crippen molar-refractivity contribution in [3.63, 3.8) is 0 Å². The summed E-state index contributed by atoms with van der Waals surface area (Å²) < 4.78 is 0. The Morgan fingerprint density at radius 2 is 1.73 bits per heavy atom. The van der Waals surface area contributed by atoms with Gasteiger partial charge in [-0.05, 0) is 19.4 Å². The van der Waals surface area contributed by atoms with Gasteiger partial charge in [0.1, 0.15) is 0 Å². The third kappa shape index (κ3) is 4.32. The fraction of sp³-hybridized carbons (Fsp3) is 0.364. The SMILES string of the molecule is Cc1cc(C)cc(CC(O)C(=O)O)c1.Cl. The molecule has 0 aliphatic rings. The average Bonchev–Trinajstić information content (AvgIpc) is 2.01. The van der Waals surface area contributed by atoms with Crippen LogP contribution in [0.2, 0.25) is 0 Å². The molecule has 0 saturated heterocycles. The van der Waals surface area contributed by atoms with Gasteiger partial charge in [0.25, 0.3) is 0 Å². The van der Waals surface area contributed by atoms with Gasteiger partial charge in [0.2, 0.25) is 0 Å². The number of halogens is 1. The van der Waals surface area contributed by atoms with Crippen molar-refractivity contribution < 1.29 is 15.0 Å². The van der Waals surface area contributed by atoms with Crippen LogP contribution in [0.15, 0.2) is 18.2 Å². The minimum absolute atomic E-state index is 0. The van der Waals surface area contributed by atoms with Crippen molar-refractivity contribution in [2.75, 3.05) is 0 Å². The van der Waals surface area contributed by atoms with Crippen LogP contribution in [-0.4, -0.2) is 22.3 Å². The van der Waals surface area contributed by atoms with E-state index in [9.17, 15) is 4.79 Å². The molecule has 0 spiro atoms. The van der Waals surface area contributed by atoms with Crippen LogP contribution in [-0.2, 0) is 11.2 Å². The summed E-state index contributed by atoms with van der Waals surface area (Å²) in [5.41, 5.74) is 3.02.